The molecule has 0 bridgehead atoms. The van der Waals surface area contributed by atoms with Crippen LogP contribution in [0.4, 0.5) is 0 Å². The van der Waals surface area contributed by atoms with Crippen molar-refractivity contribution >= 4 is 24.2 Å². The molecule has 2 aliphatic heterocycles. The van der Waals surface area contributed by atoms with Gasteiger partial charge in [-0.15, -0.1) is 12.4 Å². The first kappa shape index (κ1) is 20.7. The van der Waals surface area contributed by atoms with Gasteiger partial charge in [0, 0.05) is 25.2 Å². The van der Waals surface area contributed by atoms with E-state index < -0.39 is 0 Å². The van der Waals surface area contributed by atoms with Crippen molar-refractivity contribution in [3.63, 3.8) is 0 Å². The van der Waals surface area contributed by atoms with Crippen LogP contribution in [0.3, 0.4) is 0 Å². The van der Waals surface area contributed by atoms with Crippen LogP contribution in [-0.2, 0) is 16.0 Å². The molecule has 2 N–H and O–H groups in total. The zero-order valence-corrected chi connectivity index (χ0v) is 16.3. The summed E-state index contributed by atoms with van der Waals surface area (Å²) in [4.78, 5) is 27.1. The Morgan fingerprint density at radius 3 is 2.73 bits per heavy atom. The van der Waals surface area contributed by atoms with E-state index in [1.807, 2.05) is 35.2 Å². The van der Waals surface area contributed by atoms with Gasteiger partial charge >= 0.3 is 0 Å². The van der Waals surface area contributed by atoms with Gasteiger partial charge in [-0.3, -0.25) is 9.59 Å². The van der Waals surface area contributed by atoms with E-state index in [0.29, 0.717) is 19.0 Å². The van der Waals surface area contributed by atoms with Crippen molar-refractivity contribution < 1.29 is 9.59 Å². The quantitative estimate of drug-likeness (QED) is 0.842. The highest BCUT2D eigenvalue weighted by atomic mass is 35.5. The van der Waals surface area contributed by atoms with Crippen molar-refractivity contribution in [2.24, 2.45) is 5.92 Å². The van der Waals surface area contributed by atoms with E-state index in [1.54, 1.807) is 0 Å². The number of carbonyl (C=O) groups excluding carboxylic acids is 2. The molecule has 0 spiro atoms. The van der Waals surface area contributed by atoms with Gasteiger partial charge in [0.05, 0.1) is 12.3 Å². The van der Waals surface area contributed by atoms with Crippen molar-refractivity contribution in [2.45, 2.75) is 51.1 Å². The van der Waals surface area contributed by atoms with Crippen molar-refractivity contribution in [1.82, 2.24) is 15.5 Å². The lowest BCUT2D eigenvalue weighted by atomic mass is 9.94. The van der Waals surface area contributed by atoms with Gasteiger partial charge in [-0.25, -0.2) is 0 Å². The van der Waals surface area contributed by atoms with Crippen LogP contribution >= 0.6 is 12.4 Å². The molecule has 1 aromatic rings. The van der Waals surface area contributed by atoms with Gasteiger partial charge in [0.2, 0.25) is 11.8 Å². The maximum atomic E-state index is 12.6. The second kappa shape index (κ2) is 9.93. The van der Waals surface area contributed by atoms with Gasteiger partial charge in [0.1, 0.15) is 0 Å². The number of amides is 2. The minimum Gasteiger partial charge on any atom is -0.353 e. The number of nitrogens with one attached hydrogen (secondary N) is 2. The van der Waals surface area contributed by atoms with Crippen LogP contribution in [0.15, 0.2) is 30.3 Å². The number of hydrogen-bond donors (Lipinski definition) is 2. The van der Waals surface area contributed by atoms with Crippen LogP contribution in [0.1, 0.15) is 38.2 Å². The first-order chi connectivity index (χ1) is 12.1. The molecule has 5 nitrogen and oxygen atoms in total. The largest absolute Gasteiger partial charge is 0.353 e. The molecule has 144 valence electrons. The molecule has 3 unspecified atom stereocenters. The van der Waals surface area contributed by atoms with Crippen LogP contribution in [0, 0.1) is 5.92 Å². The SMILES string of the molecule is CC1CC(NC(=O)C2CCCN(C(=O)Cc3ccccc3)C2)CCN1.Cl. The molecule has 0 saturated carbocycles. The van der Waals surface area contributed by atoms with Gasteiger partial charge in [-0.2, -0.15) is 0 Å². The highest BCUT2D eigenvalue weighted by molar-refractivity contribution is 5.85. The van der Waals surface area contributed by atoms with Gasteiger partial charge in [0.25, 0.3) is 0 Å². The third kappa shape index (κ3) is 5.71. The molecule has 3 atom stereocenters. The molecule has 2 saturated heterocycles. The monoisotopic (exact) mass is 379 g/mol. The van der Waals surface area contributed by atoms with Crippen LogP contribution in [0.2, 0.25) is 0 Å². The number of rotatable bonds is 4. The Morgan fingerprint density at radius 2 is 2.00 bits per heavy atom. The third-order valence-electron chi connectivity index (χ3n) is 5.31. The fourth-order valence-corrected chi connectivity index (χ4v) is 3.88. The van der Waals surface area contributed by atoms with Crippen molar-refractivity contribution in [2.75, 3.05) is 19.6 Å². The Morgan fingerprint density at radius 1 is 1.23 bits per heavy atom. The fourth-order valence-electron chi connectivity index (χ4n) is 3.88. The van der Waals surface area contributed by atoms with Crippen LogP contribution in [-0.4, -0.2) is 48.4 Å². The summed E-state index contributed by atoms with van der Waals surface area (Å²) in [6, 6.07) is 10.5. The summed E-state index contributed by atoms with van der Waals surface area (Å²) in [7, 11) is 0. The van der Waals surface area contributed by atoms with Crippen LogP contribution < -0.4 is 10.6 Å². The van der Waals surface area contributed by atoms with E-state index in [0.717, 1.165) is 44.3 Å². The summed E-state index contributed by atoms with van der Waals surface area (Å²) in [6.07, 6.45) is 4.16. The normalized spacial score (nSPS) is 25.9. The van der Waals surface area contributed by atoms with Gasteiger partial charge in [-0.1, -0.05) is 30.3 Å². The number of halogens is 1. The zero-order chi connectivity index (χ0) is 17.6. The molecule has 2 amide bonds. The second-order valence-electron chi connectivity index (χ2n) is 7.43. The molecule has 1 aromatic carbocycles. The molecule has 26 heavy (non-hydrogen) atoms. The van der Waals surface area contributed by atoms with Crippen molar-refractivity contribution in [1.29, 1.82) is 0 Å². The topological polar surface area (TPSA) is 61.4 Å². The lowest BCUT2D eigenvalue weighted by Gasteiger charge is -2.34. The van der Waals surface area contributed by atoms with Gasteiger partial charge < -0.3 is 15.5 Å². The Balaban J connectivity index is 0.00000243. The summed E-state index contributed by atoms with van der Waals surface area (Å²) in [6.45, 7) is 4.43. The van der Waals surface area contributed by atoms with E-state index in [2.05, 4.69) is 17.6 Å². The Kier molecular flexibility index (Phi) is 7.91. The Hall–Kier alpha value is -1.59. The minimum atomic E-state index is -0.0707. The summed E-state index contributed by atoms with van der Waals surface area (Å²) in [5.41, 5.74) is 1.03. The Bertz CT molecular complexity index is 596. The van der Waals surface area contributed by atoms with Crippen molar-refractivity contribution in [3.05, 3.63) is 35.9 Å². The maximum Gasteiger partial charge on any atom is 0.227 e. The third-order valence-corrected chi connectivity index (χ3v) is 5.31. The molecule has 2 fully saturated rings. The van der Waals surface area contributed by atoms with Gasteiger partial charge in [0.15, 0.2) is 0 Å². The zero-order valence-electron chi connectivity index (χ0n) is 15.4. The predicted octanol–water partition coefficient (Wildman–Crippen LogP) is 2.15. The summed E-state index contributed by atoms with van der Waals surface area (Å²) >= 11 is 0. The van der Waals surface area contributed by atoms with Gasteiger partial charge in [-0.05, 0) is 44.7 Å². The molecular weight excluding hydrogens is 350 g/mol. The number of piperidine rings is 2. The number of benzene rings is 1. The number of nitrogens with zero attached hydrogens (tertiary/aromatic N) is 1. The highest BCUT2D eigenvalue weighted by Crippen LogP contribution is 2.19. The first-order valence-electron chi connectivity index (χ1n) is 9.47. The average molecular weight is 380 g/mol. The fraction of sp³-hybridized carbons (Fsp3) is 0.600. The van der Waals surface area contributed by atoms with E-state index in [4.69, 9.17) is 0 Å². The molecule has 2 aliphatic rings. The Labute approximate surface area is 162 Å². The molecule has 0 aromatic heterocycles. The average Bonchev–Trinajstić information content (AvgIpc) is 2.62. The molecule has 0 aliphatic carbocycles. The molecule has 6 heteroatoms. The smallest absolute Gasteiger partial charge is 0.227 e. The summed E-state index contributed by atoms with van der Waals surface area (Å²) < 4.78 is 0. The van der Waals surface area contributed by atoms with E-state index in [-0.39, 0.29) is 36.2 Å². The van der Waals surface area contributed by atoms with E-state index >= 15 is 0 Å². The van der Waals surface area contributed by atoms with E-state index in [1.165, 1.54) is 0 Å². The highest BCUT2D eigenvalue weighted by Gasteiger charge is 2.30. The number of hydrogen-bond acceptors (Lipinski definition) is 3. The van der Waals surface area contributed by atoms with Crippen LogP contribution in [0.5, 0.6) is 0 Å². The first-order valence-corrected chi connectivity index (χ1v) is 9.47. The number of carbonyl (C=O) groups is 2. The summed E-state index contributed by atoms with van der Waals surface area (Å²) in [5.74, 6) is 0.175. The lowest BCUT2D eigenvalue weighted by Crippen LogP contribution is -2.51. The van der Waals surface area contributed by atoms with Crippen molar-refractivity contribution in [3.8, 4) is 0 Å². The summed E-state index contributed by atoms with van der Waals surface area (Å²) in [5, 5.41) is 6.62. The minimum absolute atomic E-state index is 0. The van der Waals surface area contributed by atoms with Crippen LogP contribution in [0.25, 0.3) is 0 Å². The maximum absolute atomic E-state index is 12.6. The standard InChI is InChI=1S/C20H29N3O2.ClH/c1-15-12-18(9-10-21-15)22-20(25)17-8-5-11-23(14-17)19(24)13-16-6-3-2-4-7-16;/h2-4,6-7,15,17-18,21H,5,8-14H2,1H3,(H,22,25);1H. The predicted molar refractivity (Wildman–Crippen MR) is 105 cm³/mol. The molecule has 0 radical (unpaired) electrons. The lowest BCUT2D eigenvalue weighted by molar-refractivity contribution is -0.135. The molecular formula is C20H30ClN3O2. The van der Waals surface area contributed by atoms with E-state index in [9.17, 15) is 9.59 Å². The second-order valence-corrected chi connectivity index (χ2v) is 7.43. The molecule has 3 rings (SSSR count). The number of likely N-dealkylation sites (tertiary alicyclic amines) is 1. The molecule has 2 heterocycles.